The zero-order chi connectivity index (χ0) is 15.4. The van der Waals surface area contributed by atoms with Crippen molar-refractivity contribution in [3.8, 4) is 0 Å². The molecular weight excluding hydrogens is 298 g/mol. The van der Waals surface area contributed by atoms with E-state index in [4.69, 9.17) is 6.57 Å². The second-order valence-corrected chi connectivity index (χ2v) is 6.72. The van der Waals surface area contributed by atoms with E-state index in [1.807, 2.05) is 18.2 Å². The Kier molecular flexibility index (Phi) is 2.50. The molecule has 0 aliphatic rings. The molecule has 5 aromatic rings. The molecule has 0 spiro atoms. The van der Waals surface area contributed by atoms with E-state index in [0.717, 1.165) is 5.39 Å². The first kappa shape index (κ1) is 12.6. The smallest absolute Gasteiger partial charge is 0.187 e. The number of rotatable bonds is 0. The van der Waals surface area contributed by atoms with Crippen LogP contribution in [0.5, 0.6) is 0 Å². The maximum Gasteiger partial charge on any atom is 0.187 e. The molecule has 0 aliphatic carbocycles. The van der Waals surface area contributed by atoms with Gasteiger partial charge in [-0.15, -0.1) is 11.3 Å². The summed E-state index contributed by atoms with van der Waals surface area (Å²) in [4.78, 5) is 3.53. The van der Waals surface area contributed by atoms with E-state index in [9.17, 15) is 0 Å². The van der Waals surface area contributed by atoms with Gasteiger partial charge in [-0.3, -0.25) is 0 Å². The summed E-state index contributed by atoms with van der Waals surface area (Å²) in [6, 6.07) is 21.4. The van der Waals surface area contributed by atoms with Crippen LogP contribution in [-0.4, -0.2) is 0 Å². The van der Waals surface area contributed by atoms with E-state index in [1.165, 1.54) is 37.0 Å². The van der Waals surface area contributed by atoms with Crippen LogP contribution in [0.3, 0.4) is 0 Å². The van der Waals surface area contributed by atoms with Crippen molar-refractivity contribution in [2.24, 2.45) is 0 Å². The van der Waals surface area contributed by atoms with Crippen molar-refractivity contribution in [3.05, 3.63) is 77.5 Å². The Balaban J connectivity index is 1.96. The molecule has 0 aliphatic heterocycles. The van der Waals surface area contributed by atoms with Crippen molar-refractivity contribution in [3.63, 3.8) is 0 Å². The molecule has 2 heteroatoms. The van der Waals surface area contributed by atoms with E-state index in [0.29, 0.717) is 5.69 Å². The van der Waals surface area contributed by atoms with Crippen LogP contribution in [-0.2, 0) is 0 Å². The third kappa shape index (κ3) is 1.78. The Hall–Kier alpha value is -2.89. The molecule has 4 aromatic carbocycles. The third-order valence-corrected chi connectivity index (χ3v) is 5.40. The maximum absolute atomic E-state index is 7.18. The summed E-state index contributed by atoms with van der Waals surface area (Å²) >= 11 is 1.79. The Morgan fingerprint density at radius 1 is 0.652 bits per heavy atom. The van der Waals surface area contributed by atoms with Crippen LogP contribution in [0.4, 0.5) is 5.69 Å². The summed E-state index contributed by atoms with van der Waals surface area (Å²) in [5.41, 5.74) is 0.692. The molecular formula is C21H11NS. The van der Waals surface area contributed by atoms with Crippen molar-refractivity contribution in [2.75, 3.05) is 0 Å². The lowest BCUT2D eigenvalue weighted by Crippen LogP contribution is -1.80. The lowest BCUT2D eigenvalue weighted by molar-refractivity contribution is 1.79. The van der Waals surface area contributed by atoms with Crippen molar-refractivity contribution >= 4 is 59.4 Å². The summed E-state index contributed by atoms with van der Waals surface area (Å²) in [5, 5.41) is 10.9. The fourth-order valence-corrected chi connectivity index (χ4v) is 4.20. The van der Waals surface area contributed by atoms with Crippen LogP contribution in [0.2, 0.25) is 0 Å². The quantitative estimate of drug-likeness (QED) is 0.166. The lowest BCUT2D eigenvalue weighted by atomic mass is 9.97. The number of thiophene rings is 1. The summed E-state index contributed by atoms with van der Waals surface area (Å²) < 4.78 is 1.33. The molecule has 23 heavy (non-hydrogen) atoms. The zero-order valence-electron chi connectivity index (χ0n) is 12.2. The van der Waals surface area contributed by atoms with E-state index < -0.39 is 0 Å². The molecule has 1 heterocycles. The lowest BCUT2D eigenvalue weighted by Gasteiger charge is -2.08. The van der Waals surface area contributed by atoms with Crippen molar-refractivity contribution < 1.29 is 0 Å². The largest absolute Gasteiger partial charge is 0.238 e. The van der Waals surface area contributed by atoms with Crippen LogP contribution in [0, 0.1) is 6.57 Å². The minimum Gasteiger partial charge on any atom is -0.238 e. The molecule has 0 radical (unpaired) electrons. The molecule has 0 bridgehead atoms. The van der Waals surface area contributed by atoms with Crippen LogP contribution in [0.15, 0.2) is 66.0 Å². The van der Waals surface area contributed by atoms with E-state index in [-0.39, 0.29) is 0 Å². The van der Waals surface area contributed by atoms with Crippen molar-refractivity contribution in [2.45, 2.75) is 0 Å². The van der Waals surface area contributed by atoms with Gasteiger partial charge in [-0.2, -0.15) is 0 Å². The van der Waals surface area contributed by atoms with Gasteiger partial charge in [-0.05, 0) is 68.0 Å². The summed E-state index contributed by atoms with van der Waals surface area (Å²) in [7, 11) is 0. The molecule has 0 unspecified atom stereocenters. The van der Waals surface area contributed by atoms with Gasteiger partial charge >= 0.3 is 0 Å². The van der Waals surface area contributed by atoms with Gasteiger partial charge in [0.2, 0.25) is 0 Å². The van der Waals surface area contributed by atoms with Crippen LogP contribution < -0.4 is 0 Å². The van der Waals surface area contributed by atoms with Crippen LogP contribution in [0.1, 0.15) is 0 Å². The molecule has 0 saturated heterocycles. The fraction of sp³-hybridized carbons (Fsp3) is 0. The molecule has 0 atom stereocenters. The highest BCUT2D eigenvalue weighted by molar-refractivity contribution is 7.17. The molecule has 1 nitrogen and oxygen atoms in total. The monoisotopic (exact) mass is 309 g/mol. The molecule has 0 fully saturated rings. The van der Waals surface area contributed by atoms with Gasteiger partial charge < -0.3 is 0 Å². The van der Waals surface area contributed by atoms with E-state index >= 15 is 0 Å². The van der Waals surface area contributed by atoms with Gasteiger partial charge in [-0.1, -0.05) is 30.3 Å². The van der Waals surface area contributed by atoms with Gasteiger partial charge in [-0.25, -0.2) is 4.85 Å². The van der Waals surface area contributed by atoms with Gasteiger partial charge in [0.15, 0.2) is 5.69 Å². The van der Waals surface area contributed by atoms with Crippen LogP contribution >= 0.6 is 11.3 Å². The summed E-state index contributed by atoms with van der Waals surface area (Å²) in [6.07, 6.45) is 0. The highest BCUT2D eigenvalue weighted by Gasteiger charge is 2.07. The van der Waals surface area contributed by atoms with Crippen molar-refractivity contribution in [1.82, 2.24) is 0 Å². The number of fused-ring (bicyclic) bond motifs is 6. The first-order valence-corrected chi connectivity index (χ1v) is 8.35. The third-order valence-electron chi connectivity index (χ3n) is 4.52. The number of hydrogen-bond acceptors (Lipinski definition) is 1. The second kappa shape index (κ2) is 4.55. The normalized spacial score (nSPS) is 11.4. The zero-order valence-corrected chi connectivity index (χ0v) is 13.0. The summed E-state index contributed by atoms with van der Waals surface area (Å²) in [6.45, 7) is 7.18. The van der Waals surface area contributed by atoms with E-state index in [2.05, 4.69) is 52.7 Å². The molecule has 0 amide bonds. The Morgan fingerprint density at radius 3 is 2.39 bits per heavy atom. The molecule has 106 valence electrons. The predicted octanol–water partition coefficient (Wildman–Crippen LogP) is 6.91. The highest BCUT2D eigenvalue weighted by Crippen LogP contribution is 2.35. The Bertz CT molecular complexity index is 1270. The van der Waals surface area contributed by atoms with Gasteiger partial charge in [0.25, 0.3) is 0 Å². The van der Waals surface area contributed by atoms with Gasteiger partial charge in [0, 0.05) is 10.1 Å². The second-order valence-electron chi connectivity index (χ2n) is 5.78. The standard InChI is InChI=1S/C21H11NS/c1-22-16-4-2-13-12-20-14(10-15(13)11-16)3-5-17-18(20)6-7-21-19(17)8-9-23-21/h2-12H. The minimum absolute atomic E-state index is 0.692. The first-order valence-electron chi connectivity index (χ1n) is 7.47. The average molecular weight is 309 g/mol. The highest BCUT2D eigenvalue weighted by atomic mass is 32.1. The molecule has 0 N–H and O–H groups in total. The predicted molar refractivity (Wildman–Crippen MR) is 101 cm³/mol. The minimum atomic E-state index is 0.692. The maximum atomic E-state index is 7.18. The molecule has 1 aromatic heterocycles. The number of nitrogens with zero attached hydrogens (tertiary/aromatic N) is 1. The number of hydrogen-bond donors (Lipinski definition) is 0. The summed E-state index contributed by atoms with van der Waals surface area (Å²) in [5.74, 6) is 0. The fourth-order valence-electron chi connectivity index (χ4n) is 3.40. The average Bonchev–Trinajstić information content (AvgIpc) is 3.08. The van der Waals surface area contributed by atoms with Crippen LogP contribution in [0.25, 0.3) is 47.2 Å². The van der Waals surface area contributed by atoms with Gasteiger partial charge in [0.1, 0.15) is 0 Å². The SMILES string of the molecule is [C-]#[N+]c1ccc2cc3c(ccc4c5ccsc5ccc34)cc2c1. The first-order chi connectivity index (χ1) is 11.3. The van der Waals surface area contributed by atoms with E-state index in [1.54, 1.807) is 11.3 Å². The molecule has 0 saturated carbocycles. The van der Waals surface area contributed by atoms with Crippen molar-refractivity contribution in [1.29, 1.82) is 0 Å². The topological polar surface area (TPSA) is 4.36 Å². The Labute approximate surface area is 137 Å². The number of benzene rings is 4. The molecule has 5 rings (SSSR count). The van der Waals surface area contributed by atoms with Gasteiger partial charge in [0.05, 0.1) is 6.57 Å². The Morgan fingerprint density at radius 2 is 1.48 bits per heavy atom.